The van der Waals surface area contributed by atoms with Gasteiger partial charge in [-0.2, -0.15) is 0 Å². The van der Waals surface area contributed by atoms with Crippen molar-refractivity contribution < 1.29 is 10.2 Å². The minimum Gasteiger partial charge on any atom is -0.508 e. The van der Waals surface area contributed by atoms with Crippen molar-refractivity contribution in [1.29, 1.82) is 0 Å². The average Bonchev–Trinajstić information content (AvgIpc) is 1.96. The summed E-state index contributed by atoms with van der Waals surface area (Å²) in [4.78, 5) is 0.296. The molecular weight excluding hydrogens is 220 g/mol. The van der Waals surface area contributed by atoms with Crippen LogP contribution in [0.15, 0.2) is 18.2 Å². The summed E-state index contributed by atoms with van der Waals surface area (Å²) in [5.74, 6) is 0.426. The van der Waals surface area contributed by atoms with Crippen LogP contribution in [0.1, 0.15) is 12.5 Å². The van der Waals surface area contributed by atoms with E-state index >= 15 is 0 Å². The minimum absolute atomic E-state index is 0.191. The monoisotopic (exact) mass is 230 g/mol. The summed E-state index contributed by atoms with van der Waals surface area (Å²) >= 11 is 3.38. The van der Waals surface area contributed by atoms with Gasteiger partial charge < -0.3 is 10.2 Å². The number of rotatable bonds is 2. The minimum atomic E-state index is 0.191. The van der Waals surface area contributed by atoms with E-state index in [1.54, 1.807) is 6.07 Å². The van der Waals surface area contributed by atoms with Crippen molar-refractivity contribution in [3.05, 3.63) is 23.8 Å². The lowest BCUT2D eigenvalue weighted by molar-refractivity contribution is 0.454. The van der Waals surface area contributed by atoms with Gasteiger partial charge in [-0.15, -0.1) is 0 Å². The quantitative estimate of drug-likeness (QED) is 0.606. The molecule has 0 radical (unpaired) electrons. The van der Waals surface area contributed by atoms with E-state index in [-0.39, 0.29) is 11.5 Å². The van der Waals surface area contributed by atoms with E-state index < -0.39 is 0 Å². The van der Waals surface area contributed by atoms with Crippen LogP contribution >= 0.6 is 15.9 Å². The van der Waals surface area contributed by atoms with Crippen molar-refractivity contribution in [2.75, 3.05) is 0 Å². The Balaban J connectivity index is 2.90. The second kappa shape index (κ2) is 3.81. The Kier molecular flexibility index (Phi) is 2.98. The third-order valence-electron chi connectivity index (χ3n) is 1.56. The van der Waals surface area contributed by atoms with Crippen molar-refractivity contribution in [3.8, 4) is 11.5 Å². The molecular formula is C9H11BrO2. The fourth-order valence-electron chi connectivity index (χ4n) is 1.04. The van der Waals surface area contributed by atoms with Gasteiger partial charge in [-0.25, -0.2) is 0 Å². The lowest BCUT2D eigenvalue weighted by Gasteiger charge is -2.06. The number of aromatic hydroxyl groups is 2. The average molecular weight is 231 g/mol. The van der Waals surface area contributed by atoms with Gasteiger partial charge in [0.1, 0.15) is 11.5 Å². The first-order chi connectivity index (χ1) is 5.59. The molecule has 0 fully saturated rings. The van der Waals surface area contributed by atoms with Crippen molar-refractivity contribution >= 4 is 15.9 Å². The van der Waals surface area contributed by atoms with Crippen LogP contribution in [0, 0.1) is 0 Å². The van der Waals surface area contributed by atoms with Crippen LogP contribution in [0.5, 0.6) is 11.5 Å². The summed E-state index contributed by atoms with van der Waals surface area (Å²) in [5, 5.41) is 18.5. The summed E-state index contributed by atoms with van der Waals surface area (Å²) in [7, 11) is 0. The van der Waals surface area contributed by atoms with Crippen LogP contribution in [0.2, 0.25) is 0 Å². The SMILES string of the molecule is CC(Br)Cc1cc(O)ccc1O. The Labute approximate surface area is 80.0 Å². The fraction of sp³-hybridized carbons (Fsp3) is 0.333. The molecule has 0 aliphatic rings. The van der Waals surface area contributed by atoms with Crippen molar-refractivity contribution in [2.45, 2.75) is 18.2 Å². The predicted octanol–water partition coefficient (Wildman–Crippen LogP) is 2.42. The van der Waals surface area contributed by atoms with Gasteiger partial charge in [0.05, 0.1) is 0 Å². The number of phenols is 2. The highest BCUT2D eigenvalue weighted by Gasteiger charge is 2.05. The molecule has 0 aliphatic heterocycles. The van der Waals surface area contributed by atoms with Gasteiger partial charge in [0, 0.05) is 4.83 Å². The maximum atomic E-state index is 9.35. The Morgan fingerprint density at radius 1 is 1.42 bits per heavy atom. The molecule has 1 aromatic rings. The third kappa shape index (κ3) is 2.41. The van der Waals surface area contributed by atoms with Gasteiger partial charge in [-0.05, 0) is 30.2 Å². The Hall–Kier alpha value is -0.700. The molecule has 66 valence electrons. The van der Waals surface area contributed by atoms with Crippen molar-refractivity contribution in [2.24, 2.45) is 0 Å². The summed E-state index contributed by atoms with van der Waals surface area (Å²) in [6, 6.07) is 4.55. The van der Waals surface area contributed by atoms with Gasteiger partial charge in [-0.1, -0.05) is 22.9 Å². The van der Waals surface area contributed by atoms with Crippen molar-refractivity contribution in [3.63, 3.8) is 0 Å². The molecule has 0 saturated carbocycles. The van der Waals surface area contributed by atoms with E-state index in [4.69, 9.17) is 5.11 Å². The van der Waals surface area contributed by atoms with Gasteiger partial charge in [0.25, 0.3) is 0 Å². The first kappa shape index (κ1) is 9.39. The topological polar surface area (TPSA) is 40.5 Å². The Morgan fingerprint density at radius 2 is 2.08 bits per heavy atom. The normalized spacial score (nSPS) is 12.8. The number of phenolic OH excluding ortho intramolecular Hbond substituents is 2. The van der Waals surface area contributed by atoms with Gasteiger partial charge in [0.2, 0.25) is 0 Å². The zero-order valence-electron chi connectivity index (χ0n) is 6.79. The molecule has 0 aliphatic carbocycles. The molecule has 3 heteroatoms. The highest BCUT2D eigenvalue weighted by molar-refractivity contribution is 9.09. The maximum Gasteiger partial charge on any atom is 0.119 e. The molecule has 0 bridgehead atoms. The summed E-state index contributed by atoms with van der Waals surface area (Å²) in [5.41, 5.74) is 0.763. The molecule has 1 aromatic carbocycles. The first-order valence-electron chi connectivity index (χ1n) is 3.74. The number of hydrogen-bond acceptors (Lipinski definition) is 2. The molecule has 2 N–H and O–H groups in total. The van der Waals surface area contributed by atoms with E-state index in [0.29, 0.717) is 11.2 Å². The van der Waals surface area contributed by atoms with E-state index in [9.17, 15) is 5.11 Å². The molecule has 0 amide bonds. The number of hydrogen-bond donors (Lipinski definition) is 2. The van der Waals surface area contributed by atoms with Gasteiger partial charge in [-0.3, -0.25) is 0 Å². The lowest BCUT2D eigenvalue weighted by Crippen LogP contribution is -1.96. The van der Waals surface area contributed by atoms with Gasteiger partial charge in [0.15, 0.2) is 0 Å². The van der Waals surface area contributed by atoms with Crippen LogP contribution in [0.25, 0.3) is 0 Å². The molecule has 0 saturated heterocycles. The molecule has 0 heterocycles. The number of benzene rings is 1. The highest BCUT2D eigenvalue weighted by Crippen LogP contribution is 2.24. The zero-order chi connectivity index (χ0) is 9.14. The molecule has 12 heavy (non-hydrogen) atoms. The summed E-state index contributed by atoms with van der Waals surface area (Å²) < 4.78 is 0. The fourth-order valence-corrected chi connectivity index (χ4v) is 1.39. The van der Waals surface area contributed by atoms with Crippen LogP contribution in [0.4, 0.5) is 0 Å². The lowest BCUT2D eigenvalue weighted by atomic mass is 10.1. The van der Waals surface area contributed by atoms with Crippen LogP contribution < -0.4 is 0 Å². The summed E-state index contributed by atoms with van der Waals surface area (Å²) in [6.07, 6.45) is 0.709. The summed E-state index contributed by atoms with van der Waals surface area (Å²) in [6.45, 7) is 1.99. The van der Waals surface area contributed by atoms with E-state index in [2.05, 4.69) is 15.9 Å². The standard InChI is InChI=1S/C9H11BrO2/c1-6(10)4-7-5-8(11)2-3-9(7)12/h2-3,5-6,11-12H,4H2,1H3. The van der Waals surface area contributed by atoms with E-state index in [0.717, 1.165) is 5.56 Å². The molecule has 1 unspecified atom stereocenters. The second-order valence-corrected chi connectivity index (χ2v) is 4.36. The number of halogens is 1. The predicted molar refractivity (Wildman–Crippen MR) is 51.9 cm³/mol. The molecule has 0 aromatic heterocycles. The molecule has 0 spiro atoms. The van der Waals surface area contributed by atoms with E-state index in [1.165, 1.54) is 12.1 Å². The van der Waals surface area contributed by atoms with Crippen LogP contribution in [-0.2, 0) is 6.42 Å². The highest BCUT2D eigenvalue weighted by atomic mass is 79.9. The Bertz CT molecular complexity index is 271. The van der Waals surface area contributed by atoms with Gasteiger partial charge >= 0.3 is 0 Å². The third-order valence-corrected chi connectivity index (χ3v) is 1.89. The number of alkyl halides is 1. The Morgan fingerprint density at radius 3 is 2.67 bits per heavy atom. The first-order valence-corrected chi connectivity index (χ1v) is 4.66. The second-order valence-electron chi connectivity index (χ2n) is 2.80. The largest absolute Gasteiger partial charge is 0.508 e. The molecule has 1 atom stereocenters. The smallest absolute Gasteiger partial charge is 0.119 e. The van der Waals surface area contributed by atoms with Crippen LogP contribution in [0.3, 0.4) is 0 Å². The van der Waals surface area contributed by atoms with Crippen LogP contribution in [-0.4, -0.2) is 15.0 Å². The molecule has 1 rings (SSSR count). The van der Waals surface area contributed by atoms with E-state index in [1.807, 2.05) is 6.92 Å². The zero-order valence-corrected chi connectivity index (χ0v) is 8.37. The maximum absolute atomic E-state index is 9.35. The molecule has 2 nitrogen and oxygen atoms in total. The van der Waals surface area contributed by atoms with Crippen molar-refractivity contribution in [1.82, 2.24) is 0 Å².